The average Bonchev–Trinajstić information content (AvgIpc) is 3.65. The molecule has 0 N–H and O–H groups in total. The number of fused-ring (bicyclic) bond motifs is 3. The Morgan fingerprint density at radius 3 is 1.42 bits per heavy atom. The van der Waals surface area contributed by atoms with Gasteiger partial charge in [-0.3, -0.25) is 0 Å². The Kier molecular flexibility index (Phi) is 8.16. The molecular formula is C52H34N2O. The van der Waals surface area contributed by atoms with Crippen molar-refractivity contribution in [2.75, 3.05) is 0 Å². The zero-order chi connectivity index (χ0) is 36.6. The van der Waals surface area contributed by atoms with Crippen molar-refractivity contribution in [3.63, 3.8) is 0 Å². The molecule has 0 fully saturated rings. The van der Waals surface area contributed by atoms with Crippen molar-refractivity contribution in [2.24, 2.45) is 0 Å². The topological polar surface area (TPSA) is 38.9 Å². The van der Waals surface area contributed by atoms with Gasteiger partial charge in [0.25, 0.3) is 0 Å². The predicted molar refractivity (Wildman–Crippen MR) is 227 cm³/mol. The van der Waals surface area contributed by atoms with Gasteiger partial charge in [0.15, 0.2) is 5.82 Å². The minimum absolute atomic E-state index is 0.691. The van der Waals surface area contributed by atoms with Crippen LogP contribution in [0, 0.1) is 0 Å². The van der Waals surface area contributed by atoms with Gasteiger partial charge in [0, 0.05) is 27.5 Å². The Morgan fingerprint density at radius 1 is 0.273 bits per heavy atom. The lowest BCUT2D eigenvalue weighted by molar-refractivity contribution is 0.669. The molecule has 0 aliphatic rings. The fraction of sp³-hybridized carbons (Fsp3) is 0. The van der Waals surface area contributed by atoms with E-state index in [4.69, 9.17) is 14.4 Å². The Labute approximate surface area is 319 Å². The monoisotopic (exact) mass is 702 g/mol. The van der Waals surface area contributed by atoms with Crippen LogP contribution in [0.4, 0.5) is 0 Å². The molecule has 3 heteroatoms. The standard InChI is InChI=1S/C52H34N2O/c1-4-14-35(15-5-1)44-28-26-43(33-46(44)36-16-6-2-7-17-36)49-34-48(53-52(54-49)37-18-8-3-9-19-37)42-23-13-22-40(31-42)38-20-12-21-39(30-38)41-27-29-51-47(32-41)45-24-10-11-25-50(45)55-51/h1-34H. The fourth-order valence-corrected chi connectivity index (χ4v) is 7.53. The molecule has 10 aromatic rings. The Hall–Kier alpha value is -7.36. The molecule has 0 aliphatic heterocycles. The molecule has 10 rings (SSSR count). The smallest absolute Gasteiger partial charge is 0.160 e. The highest BCUT2D eigenvalue weighted by molar-refractivity contribution is 6.06. The number of rotatable bonds is 7. The zero-order valence-corrected chi connectivity index (χ0v) is 29.9. The van der Waals surface area contributed by atoms with E-state index in [1.54, 1.807) is 0 Å². The fourth-order valence-electron chi connectivity index (χ4n) is 7.53. The summed E-state index contributed by atoms with van der Waals surface area (Å²) in [4.78, 5) is 10.4. The molecule has 2 heterocycles. The molecule has 0 saturated carbocycles. The van der Waals surface area contributed by atoms with Crippen LogP contribution in [0.15, 0.2) is 211 Å². The van der Waals surface area contributed by atoms with E-state index < -0.39 is 0 Å². The molecular weight excluding hydrogens is 669 g/mol. The van der Waals surface area contributed by atoms with Crippen molar-refractivity contribution in [1.29, 1.82) is 0 Å². The summed E-state index contributed by atoms with van der Waals surface area (Å²) in [5.74, 6) is 0.691. The highest BCUT2D eigenvalue weighted by Crippen LogP contribution is 2.38. The van der Waals surface area contributed by atoms with Gasteiger partial charge in [-0.25, -0.2) is 9.97 Å². The van der Waals surface area contributed by atoms with Gasteiger partial charge in [-0.15, -0.1) is 0 Å². The second-order valence-corrected chi connectivity index (χ2v) is 13.8. The molecule has 0 radical (unpaired) electrons. The van der Waals surface area contributed by atoms with Gasteiger partial charge in [-0.05, 0) is 87.0 Å². The van der Waals surface area contributed by atoms with E-state index in [2.05, 4.69) is 176 Å². The minimum Gasteiger partial charge on any atom is -0.456 e. The molecule has 0 saturated heterocycles. The molecule has 0 spiro atoms. The van der Waals surface area contributed by atoms with Crippen LogP contribution in [0.5, 0.6) is 0 Å². The molecule has 8 aromatic carbocycles. The highest BCUT2D eigenvalue weighted by Gasteiger charge is 2.15. The first-order valence-electron chi connectivity index (χ1n) is 18.6. The van der Waals surface area contributed by atoms with E-state index in [-0.39, 0.29) is 0 Å². The van der Waals surface area contributed by atoms with E-state index in [1.807, 2.05) is 30.3 Å². The van der Waals surface area contributed by atoms with Crippen LogP contribution in [-0.2, 0) is 0 Å². The van der Waals surface area contributed by atoms with Crippen LogP contribution in [0.1, 0.15) is 0 Å². The summed E-state index contributed by atoms with van der Waals surface area (Å²) in [5.41, 5.74) is 15.8. The molecule has 0 bridgehead atoms. The Morgan fingerprint density at radius 2 is 0.745 bits per heavy atom. The summed E-state index contributed by atoms with van der Waals surface area (Å²) < 4.78 is 6.10. The van der Waals surface area contributed by atoms with Crippen LogP contribution in [0.25, 0.3) is 100 Å². The van der Waals surface area contributed by atoms with Crippen LogP contribution >= 0.6 is 0 Å². The van der Waals surface area contributed by atoms with Crippen molar-refractivity contribution in [2.45, 2.75) is 0 Å². The average molecular weight is 703 g/mol. The summed E-state index contributed by atoms with van der Waals surface area (Å²) in [6, 6.07) is 72.3. The molecule has 0 atom stereocenters. The first-order chi connectivity index (χ1) is 27.2. The third-order valence-electron chi connectivity index (χ3n) is 10.3. The van der Waals surface area contributed by atoms with Crippen molar-refractivity contribution in [3.8, 4) is 78.4 Å². The third-order valence-corrected chi connectivity index (χ3v) is 10.3. The summed E-state index contributed by atoms with van der Waals surface area (Å²) in [6.45, 7) is 0. The first-order valence-corrected chi connectivity index (χ1v) is 18.6. The maximum Gasteiger partial charge on any atom is 0.160 e. The number of nitrogens with zero attached hydrogens (tertiary/aromatic N) is 2. The van der Waals surface area contributed by atoms with Crippen molar-refractivity contribution >= 4 is 21.9 Å². The van der Waals surface area contributed by atoms with Gasteiger partial charge in [0.05, 0.1) is 11.4 Å². The van der Waals surface area contributed by atoms with Crippen LogP contribution < -0.4 is 0 Å². The molecule has 0 aliphatic carbocycles. The van der Waals surface area contributed by atoms with Crippen molar-refractivity contribution < 1.29 is 4.42 Å². The van der Waals surface area contributed by atoms with Crippen molar-refractivity contribution in [1.82, 2.24) is 9.97 Å². The van der Waals surface area contributed by atoms with Crippen molar-refractivity contribution in [3.05, 3.63) is 206 Å². The SMILES string of the molecule is c1ccc(-c2nc(-c3cccc(-c4cccc(-c5ccc6oc7ccccc7c6c5)c4)c3)cc(-c3ccc(-c4ccccc4)c(-c4ccccc4)c3)n2)cc1. The summed E-state index contributed by atoms with van der Waals surface area (Å²) in [6.07, 6.45) is 0. The number of para-hydroxylation sites is 1. The summed E-state index contributed by atoms with van der Waals surface area (Å²) in [7, 11) is 0. The molecule has 0 unspecified atom stereocenters. The van der Waals surface area contributed by atoms with E-state index >= 15 is 0 Å². The number of hydrogen-bond acceptors (Lipinski definition) is 3. The number of aromatic nitrogens is 2. The third kappa shape index (κ3) is 6.28. The quantitative estimate of drug-likeness (QED) is 0.166. The van der Waals surface area contributed by atoms with Crippen LogP contribution in [-0.4, -0.2) is 9.97 Å². The largest absolute Gasteiger partial charge is 0.456 e. The molecule has 0 amide bonds. The normalized spacial score (nSPS) is 11.3. The second kappa shape index (κ2) is 13.9. The van der Waals surface area contributed by atoms with E-state index in [0.717, 1.165) is 83.4 Å². The van der Waals surface area contributed by atoms with E-state index in [0.29, 0.717) is 5.82 Å². The van der Waals surface area contributed by atoms with Gasteiger partial charge in [0.1, 0.15) is 11.2 Å². The maximum absolute atomic E-state index is 6.10. The maximum atomic E-state index is 6.10. The molecule has 55 heavy (non-hydrogen) atoms. The lowest BCUT2D eigenvalue weighted by Crippen LogP contribution is -1.97. The number of furan rings is 1. The summed E-state index contributed by atoms with van der Waals surface area (Å²) >= 11 is 0. The lowest BCUT2D eigenvalue weighted by atomic mass is 9.92. The van der Waals surface area contributed by atoms with Gasteiger partial charge >= 0.3 is 0 Å². The van der Waals surface area contributed by atoms with Gasteiger partial charge in [-0.2, -0.15) is 0 Å². The Balaban J connectivity index is 1.07. The Bertz CT molecular complexity index is 2970. The second-order valence-electron chi connectivity index (χ2n) is 13.8. The minimum atomic E-state index is 0.691. The van der Waals surface area contributed by atoms with Gasteiger partial charge < -0.3 is 4.42 Å². The molecule has 2 aromatic heterocycles. The number of hydrogen-bond donors (Lipinski definition) is 0. The lowest BCUT2D eigenvalue weighted by Gasteiger charge is -2.14. The molecule has 258 valence electrons. The van der Waals surface area contributed by atoms with Crippen LogP contribution in [0.2, 0.25) is 0 Å². The zero-order valence-electron chi connectivity index (χ0n) is 29.9. The summed E-state index contributed by atoms with van der Waals surface area (Å²) in [5, 5.41) is 2.26. The van der Waals surface area contributed by atoms with Crippen LogP contribution in [0.3, 0.4) is 0 Å². The molecule has 3 nitrogen and oxygen atoms in total. The number of benzene rings is 8. The highest BCUT2D eigenvalue weighted by atomic mass is 16.3. The predicted octanol–water partition coefficient (Wildman–Crippen LogP) is 14.0. The van der Waals surface area contributed by atoms with E-state index in [1.165, 1.54) is 11.1 Å². The van der Waals surface area contributed by atoms with E-state index in [9.17, 15) is 0 Å². The van der Waals surface area contributed by atoms with Gasteiger partial charge in [0.2, 0.25) is 0 Å². The van der Waals surface area contributed by atoms with Gasteiger partial charge in [-0.1, -0.05) is 164 Å². The first kappa shape index (κ1) is 32.3.